The lowest BCUT2D eigenvalue weighted by Gasteiger charge is -2.22. The minimum atomic E-state index is -1.03. The molecule has 1 N–H and O–H groups in total. The van der Waals surface area contributed by atoms with E-state index < -0.39 is 5.97 Å². The Morgan fingerprint density at radius 2 is 1.89 bits per heavy atom. The normalized spacial score (nSPS) is 15.2. The fourth-order valence-electron chi connectivity index (χ4n) is 4.00. The first kappa shape index (κ1) is 17.5. The van der Waals surface area contributed by atoms with Crippen LogP contribution < -0.4 is 4.74 Å². The zero-order valence-electron chi connectivity index (χ0n) is 15.6. The van der Waals surface area contributed by atoms with Gasteiger partial charge in [-0.2, -0.15) is 5.10 Å². The SMILES string of the molecule is COc1ccc(-c2cc(C(=O)O)nc3c2c(C)nn3C2CCCCC2)cc1. The number of methoxy groups -OCH3 is 1. The second-order valence-corrected chi connectivity index (χ2v) is 7.11. The molecule has 0 saturated heterocycles. The molecule has 0 radical (unpaired) electrons. The fraction of sp³-hybridized carbons (Fsp3) is 0.381. The van der Waals surface area contributed by atoms with E-state index in [1.807, 2.05) is 35.9 Å². The van der Waals surface area contributed by atoms with Gasteiger partial charge in [-0.3, -0.25) is 0 Å². The van der Waals surface area contributed by atoms with Gasteiger partial charge in [0.1, 0.15) is 5.75 Å². The number of pyridine rings is 1. The number of carbonyl (C=O) groups is 1. The topological polar surface area (TPSA) is 77.2 Å². The van der Waals surface area contributed by atoms with Crippen LogP contribution in [-0.4, -0.2) is 33.0 Å². The van der Waals surface area contributed by atoms with Crippen LogP contribution in [0.2, 0.25) is 0 Å². The standard InChI is InChI=1S/C21H23N3O3/c1-13-19-17(14-8-10-16(27-2)11-9-14)12-18(21(25)26)22-20(19)24(23-13)15-6-4-3-5-7-15/h8-12,15H,3-7H2,1-2H3,(H,25,26). The van der Waals surface area contributed by atoms with Crippen LogP contribution in [0.15, 0.2) is 30.3 Å². The summed E-state index contributed by atoms with van der Waals surface area (Å²) in [6.45, 7) is 1.97. The van der Waals surface area contributed by atoms with Gasteiger partial charge >= 0.3 is 5.97 Å². The molecule has 6 heteroatoms. The van der Waals surface area contributed by atoms with Gasteiger partial charge in [-0.15, -0.1) is 0 Å². The van der Waals surface area contributed by atoms with Crippen molar-refractivity contribution in [3.63, 3.8) is 0 Å². The molecule has 1 aromatic carbocycles. The molecule has 0 amide bonds. The van der Waals surface area contributed by atoms with Crippen LogP contribution in [0.1, 0.15) is 54.3 Å². The molecule has 1 saturated carbocycles. The number of aromatic nitrogens is 3. The highest BCUT2D eigenvalue weighted by Crippen LogP contribution is 2.36. The van der Waals surface area contributed by atoms with Crippen molar-refractivity contribution in [2.24, 2.45) is 0 Å². The van der Waals surface area contributed by atoms with Gasteiger partial charge in [0.25, 0.3) is 0 Å². The number of aryl methyl sites for hydroxylation is 1. The zero-order valence-corrected chi connectivity index (χ0v) is 15.6. The van der Waals surface area contributed by atoms with Crippen LogP contribution in [0.4, 0.5) is 0 Å². The van der Waals surface area contributed by atoms with Crippen LogP contribution in [0, 0.1) is 6.92 Å². The fourth-order valence-corrected chi connectivity index (χ4v) is 4.00. The van der Waals surface area contributed by atoms with E-state index in [-0.39, 0.29) is 11.7 Å². The van der Waals surface area contributed by atoms with Crippen LogP contribution in [0.3, 0.4) is 0 Å². The second-order valence-electron chi connectivity index (χ2n) is 7.11. The summed E-state index contributed by atoms with van der Waals surface area (Å²) in [5, 5.41) is 15.3. The van der Waals surface area contributed by atoms with Crippen LogP contribution in [-0.2, 0) is 0 Å². The lowest BCUT2D eigenvalue weighted by Crippen LogP contribution is -2.15. The monoisotopic (exact) mass is 365 g/mol. The minimum absolute atomic E-state index is 0.0466. The Bertz CT molecular complexity index is 986. The summed E-state index contributed by atoms with van der Waals surface area (Å²) in [5.74, 6) is -0.266. The molecule has 1 aliphatic rings. The number of benzene rings is 1. The van der Waals surface area contributed by atoms with Crippen molar-refractivity contribution in [2.45, 2.75) is 45.1 Å². The molecule has 6 nitrogen and oxygen atoms in total. The van der Waals surface area contributed by atoms with Crippen molar-refractivity contribution < 1.29 is 14.6 Å². The molecule has 27 heavy (non-hydrogen) atoms. The summed E-state index contributed by atoms with van der Waals surface area (Å²) in [6.07, 6.45) is 5.73. The van der Waals surface area contributed by atoms with Crippen molar-refractivity contribution in [1.82, 2.24) is 14.8 Å². The molecule has 1 aliphatic carbocycles. The van der Waals surface area contributed by atoms with E-state index in [1.54, 1.807) is 13.2 Å². The summed E-state index contributed by atoms with van der Waals surface area (Å²) >= 11 is 0. The van der Waals surface area contributed by atoms with E-state index >= 15 is 0 Å². The molecular formula is C21H23N3O3. The molecule has 0 spiro atoms. The third-order valence-corrected chi connectivity index (χ3v) is 5.38. The maximum absolute atomic E-state index is 11.7. The molecule has 140 valence electrons. The van der Waals surface area contributed by atoms with Crippen molar-refractivity contribution in [1.29, 1.82) is 0 Å². The number of nitrogens with zero attached hydrogens (tertiary/aromatic N) is 3. The zero-order chi connectivity index (χ0) is 19.0. The Hall–Kier alpha value is -2.89. The van der Waals surface area contributed by atoms with Crippen LogP contribution in [0.25, 0.3) is 22.2 Å². The van der Waals surface area contributed by atoms with Gasteiger partial charge in [-0.1, -0.05) is 31.4 Å². The Kier molecular flexibility index (Phi) is 4.56. The Morgan fingerprint density at radius 1 is 1.19 bits per heavy atom. The number of carboxylic acid groups (broad SMARTS) is 1. The van der Waals surface area contributed by atoms with E-state index in [2.05, 4.69) is 4.98 Å². The summed E-state index contributed by atoms with van der Waals surface area (Å²) in [7, 11) is 1.63. The Balaban J connectivity index is 1.94. The molecule has 4 rings (SSSR count). The third kappa shape index (κ3) is 3.16. The van der Waals surface area contributed by atoms with Crippen LogP contribution in [0.5, 0.6) is 5.75 Å². The molecule has 2 heterocycles. The second kappa shape index (κ2) is 7.02. The van der Waals surface area contributed by atoms with Gasteiger partial charge in [0.05, 0.1) is 18.8 Å². The number of carboxylic acids is 1. The summed E-state index contributed by atoms with van der Waals surface area (Å²) < 4.78 is 7.20. The molecule has 3 aromatic rings. The summed E-state index contributed by atoms with van der Waals surface area (Å²) in [5.41, 5.74) is 3.37. The lowest BCUT2D eigenvalue weighted by atomic mass is 9.95. The first-order valence-corrected chi connectivity index (χ1v) is 9.36. The van der Waals surface area contributed by atoms with E-state index in [4.69, 9.17) is 9.84 Å². The Morgan fingerprint density at radius 3 is 2.52 bits per heavy atom. The number of hydrogen-bond acceptors (Lipinski definition) is 4. The molecule has 0 unspecified atom stereocenters. The van der Waals surface area contributed by atoms with Gasteiger partial charge in [-0.25, -0.2) is 14.5 Å². The maximum atomic E-state index is 11.7. The minimum Gasteiger partial charge on any atom is -0.497 e. The quantitative estimate of drug-likeness (QED) is 0.730. The van der Waals surface area contributed by atoms with Crippen molar-refractivity contribution in [3.8, 4) is 16.9 Å². The molecule has 2 aromatic heterocycles. The number of hydrogen-bond donors (Lipinski definition) is 1. The van der Waals surface area contributed by atoms with E-state index in [9.17, 15) is 9.90 Å². The summed E-state index contributed by atoms with van der Waals surface area (Å²) in [4.78, 5) is 16.2. The number of ether oxygens (including phenoxy) is 1. The first-order valence-electron chi connectivity index (χ1n) is 9.36. The highest BCUT2D eigenvalue weighted by atomic mass is 16.5. The summed E-state index contributed by atoms with van der Waals surface area (Å²) in [6, 6.07) is 9.57. The van der Waals surface area contributed by atoms with Gasteiger partial charge < -0.3 is 9.84 Å². The predicted octanol–water partition coefficient (Wildman–Crippen LogP) is 4.62. The van der Waals surface area contributed by atoms with Crippen molar-refractivity contribution >= 4 is 17.0 Å². The highest BCUT2D eigenvalue weighted by Gasteiger charge is 2.24. The van der Waals surface area contributed by atoms with Gasteiger partial charge in [0, 0.05) is 5.39 Å². The smallest absolute Gasteiger partial charge is 0.354 e. The third-order valence-electron chi connectivity index (χ3n) is 5.38. The van der Waals surface area contributed by atoms with Gasteiger partial charge in [0.2, 0.25) is 0 Å². The molecule has 1 fully saturated rings. The number of fused-ring (bicyclic) bond motifs is 1. The largest absolute Gasteiger partial charge is 0.497 e. The molecular weight excluding hydrogens is 342 g/mol. The average Bonchev–Trinajstić information content (AvgIpc) is 3.05. The van der Waals surface area contributed by atoms with Crippen molar-refractivity contribution in [2.75, 3.05) is 7.11 Å². The van der Waals surface area contributed by atoms with E-state index in [0.29, 0.717) is 5.65 Å². The highest BCUT2D eigenvalue weighted by molar-refractivity contribution is 5.99. The molecule has 0 atom stereocenters. The first-order chi connectivity index (χ1) is 13.1. The van der Waals surface area contributed by atoms with E-state index in [1.165, 1.54) is 19.3 Å². The van der Waals surface area contributed by atoms with Gasteiger partial charge in [0.15, 0.2) is 11.3 Å². The Labute approximate surface area is 157 Å². The van der Waals surface area contributed by atoms with Crippen LogP contribution >= 0.6 is 0 Å². The predicted molar refractivity (Wildman–Crippen MR) is 103 cm³/mol. The molecule has 0 bridgehead atoms. The van der Waals surface area contributed by atoms with Gasteiger partial charge in [-0.05, 0) is 49.1 Å². The molecule has 0 aliphatic heterocycles. The maximum Gasteiger partial charge on any atom is 0.354 e. The lowest BCUT2D eigenvalue weighted by molar-refractivity contribution is 0.0691. The number of rotatable bonds is 4. The number of aromatic carboxylic acids is 1. The van der Waals surface area contributed by atoms with Crippen molar-refractivity contribution in [3.05, 3.63) is 41.7 Å². The van der Waals surface area contributed by atoms with E-state index in [0.717, 1.165) is 40.8 Å². The average molecular weight is 365 g/mol.